The van der Waals surface area contributed by atoms with Crippen LogP contribution in [0.4, 0.5) is 0 Å². The average Bonchev–Trinajstić information content (AvgIpc) is 2.72. The van der Waals surface area contributed by atoms with Gasteiger partial charge in [0.25, 0.3) is 5.91 Å². The number of carbonyl (C=O) groups excluding carboxylic acids is 2. The van der Waals surface area contributed by atoms with Crippen molar-refractivity contribution in [1.82, 2.24) is 10.2 Å². The third-order valence-corrected chi connectivity index (χ3v) is 4.33. The lowest BCUT2D eigenvalue weighted by Crippen LogP contribution is -2.47. The summed E-state index contributed by atoms with van der Waals surface area (Å²) in [5, 5.41) is 2.87. The second-order valence-electron chi connectivity index (χ2n) is 5.98. The minimum Gasteiger partial charge on any atom is -0.497 e. The highest BCUT2D eigenvalue weighted by molar-refractivity contribution is 5.98. The van der Waals surface area contributed by atoms with Crippen molar-refractivity contribution in [2.75, 3.05) is 33.4 Å². The Labute approximate surface area is 152 Å². The second-order valence-corrected chi connectivity index (χ2v) is 5.98. The van der Waals surface area contributed by atoms with Crippen LogP contribution in [0.3, 0.4) is 0 Å². The molecule has 1 fully saturated rings. The lowest BCUT2D eigenvalue weighted by Gasteiger charge is -2.31. The van der Waals surface area contributed by atoms with Gasteiger partial charge in [0.15, 0.2) is 0 Å². The van der Waals surface area contributed by atoms with Gasteiger partial charge in [-0.3, -0.25) is 9.59 Å². The maximum atomic E-state index is 13.0. The van der Waals surface area contributed by atoms with Gasteiger partial charge in [-0.2, -0.15) is 0 Å². The average molecular weight is 354 g/mol. The molecule has 2 amide bonds. The van der Waals surface area contributed by atoms with Crippen molar-refractivity contribution in [1.29, 1.82) is 0 Å². The fourth-order valence-electron chi connectivity index (χ4n) is 2.86. The first-order valence-electron chi connectivity index (χ1n) is 8.55. The highest BCUT2D eigenvalue weighted by Crippen LogP contribution is 2.18. The molecule has 0 spiro atoms. The fraction of sp³-hybridized carbons (Fsp3) is 0.300. The molecule has 0 aromatic heterocycles. The molecule has 2 aromatic carbocycles. The number of methoxy groups -OCH3 is 1. The number of amides is 2. The Balaban J connectivity index is 1.80. The Hall–Kier alpha value is -2.86. The third kappa shape index (κ3) is 4.21. The van der Waals surface area contributed by atoms with Crippen LogP contribution in [0.25, 0.3) is 0 Å². The van der Waals surface area contributed by atoms with E-state index in [4.69, 9.17) is 9.47 Å². The van der Waals surface area contributed by atoms with Gasteiger partial charge < -0.3 is 19.7 Å². The minimum absolute atomic E-state index is 0.124. The van der Waals surface area contributed by atoms with E-state index < -0.39 is 6.04 Å². The maximum absolute atomic E-state index is 13.0. The zero-order chi connectivity index (χ0) is 18.4. The summed E-state index contributed by atoms with van der Waals surface area (Å²) in [5.74, 6) is 0.245. The van der Waals surface area contributed by atoms with Crippen LogP contribution in [0, 0.1) is 0 Å². The van der Waals surface area contributed by atoms with Crippen LogP contribution in [0.5, 0.6) is 5.75 Å². The number of ether oxygens (including phenoxy) is 2. The number of carbonyl (C=O) groups is 2. The molecule has 0 aliphatic carbocycles. The Bertz CT molecular complexity index is 740. The first-order valence-corrected chi connectivity index (χ1v) is 8.55. The summed E-state index contributed by atoms with van der Waals surface area (Å²) in [6, 6.07) is 15.3. The molecule has 6 heteroatoms. The topological polar surface area (TPSA) is 67.9 Å². The van der Waals surface area contributed by atoms with E-state index in [-0.39, 0.29) is 11.8 Å². The molecule has 1 saturated heterocycles. The molecule has 1 heterocycles. The largest absolute Gasteiger partial charge is 0.497 e. The van der Waals surface area contributed by atoms with Crippen LogP contribution in [0.2, 0.25) is 0 Å². The van der Waals surface area contributed by atoms with E-state index in [1.807, 2.05) is 30.3 Å². The van der Waals surface area contributed by atoms with Crippen LogP contribution in [0.1, 0.15) is 22.0 Å². The smallest absolute Gasteiger partial charge is 0.252 e. The molecule has 1 N–H and O–H groups in total. The third-order valence-electron chi connectivity index (χ3n) is 4.33. The molecule has 1 aliphatic heterocycles. The van der Waals surface area contributed by atoms with E-state index in [2.05, 4.69) is 5.32 Å². The Morgan fingerprint density at radius 2 is 1.69 bits per heavy atom. The highest BCUT2D eigenvalue weighted by atomic mass is 16.5. The van der Waals surface area contributed by atoms with E-state index in [0.717, 1.165) is 5.56 Å². The lowest BCUT2D eigenvalue weighted by molar-refractivity contribution is -0.137. The van der Waals surface area contributed by atoms with Crippen molar-refractivity contribution in [2.24, 2.45) is 0 Å². The first kappa shape index (κ1) is 17.9. The molecule has 3 rings (SSSR count). The summed E-state index contributed by atoms with van der Waals surface area (Å²) >= 11 is 0. The van der Waals surface area contributed by atoms with Crippen LogP contribution in [-0.2, 0) is 9.53 Å². The van der Waals surface area contributed by atoms with Gasteiger partial charge in [0.05, 0.1) is 20.3 Å². The number of nitrogens with zero attached hydrogens (tertiary/aromatic N) is 1. The van der Waals surface area contributed by atoms with Crippen LogP contribution >= 0.6 is 0 Å². The van der Waals surface area contributed by atoms with Gasteiger partial charge in [0.1, 0.15) is 11.8 Å². The van der Waals surface area contributed by atoms with Gasteiger partial charge in [-0.1, -0.05) is 30.3 Å². The highest BCUT2D eigenvalue weighted by Gasteiger charge is 2.28. The van der Waals surface area contributed by atoms with Crippen LogP contribution < -0.4 is 10.1 Å². The molecule has 136 valence electrons. The van der Waals surface area contributed by atoms with Crippen molar-refractivity contribution >= 4 is 11.8 Å². The van der Waals surface area contributed by atoms with E-state index in [0.29, 0.717) is 37.6 Å². The lowest BCUT2D eigenvalue weighted by atomic mass is 10.0. The summed E-state index contributed by atoms with van der Waals surface area (Å²) in [5.41, 5.74) is 1.23. The zero-order valence-corrected chi connectivity index (χ0v) is 14.7. The second kappa shape index (κ2) is 8.49. The van der Waals surface area contributed by atoms with Crippen molar-refractivity contribution in [3.63, 3.8) is 0 Å². The fourth-order valence-corrected chi connectivity index (χ4v) is 2.86. The molecule has 0 radical (unpaired) electrons. The quantitative estimate of drug-likeness (QED) is 0.892. The molecular formula is C20H22N2O4. The van der Waals surface area contributed by atoms with Crippen molar-refractivity contribution in [2.45, 2.75) is 6.04 Å². The van der Waals surface area contributed by atoms with E-state index >= 15 is 0 Å². The predicted molar refractivity (Wildman–Crippen MR) is 97.0 cm³/mol. The van der Waals surface area contributed by atoms with Crippen molar-refractivity contribution in [3.8, 4) is 5.75 Å². The molecule has 26 heavy (non-hydrogen) atoms. The SMILES string of the molecule is COc1ccc(C(=O)N[C@@H](C(=O)N2CCOCC2)c2ccccc2)cc1. The first-order chi connectivity index (χ1) is 12.7. The van der Waals surface area contributed by atoms with E-state index in [1.165, 1.54) is 0 Å². The molecule has 0 saturated carbocycles. The van der Waals surface area contributed by atoms with Gasteiger partial charge >= 0.3 is 0 Å². The van der Waals surface area contributed by atoms with Crippen molar-refractivity contribution in [3.05, 3.63) is 65.7 Å². The summed E-state index contributed by atoms with van der Waals surface area (Å²) < 4.78 is 10.4. The normalized spacial score (nSPS) is 15.2. The van der Waals surface area contributed by atoms with Crippen molar-refractivity contribution < 1.29 is 19.1 Å². The molecule has 6 nitrogen and oxygen atoms in total. The number of rotatable bonds is 5. The van der Waals surface area contributed by atoms with Gasteiger partial charge in [-0.15, -0.1) is 0 Å². The number of morpholine rings is 1. The van der Waals surface area contributed by atoms with Crippen LogP contribution in [-0.4, -0.2) is 50.1 Å². The summed E-state index contributed by atoms with van der Waals surface area (Å²) in [7, 11) is 1.57. The maximum Gasteiger partial charge on any atom is 0.252 e. The Morgan fingerprint density at radius 3 is 2.31 bits per heavy atom. The van der Waals surface area contributed by atoms with Gasteiger partial charge in [-0.05, 0) is 29.8 Å². The van der Waals surface area contributed by atoms with Gasteiger partial charge in [0.2, 0.25) is 5.91 Å². The van der Waals surface area contributed by atoms with Gasteiger partial charge in [0, 0.05) is 18.7 Å². The van der Waals surface area contributed by atoms with Gasteiger partial charge in [-0.25, -0.2) is 0 Å². The standard InChI is InChI=1S/C20H22N2O4/c1-25-17-9-7-16(8-10-17)19(23)21-18(15-5-3-2-4-6-15)20(24)22-11-13-26-14-12-22/h2-10,18H,11-14H2,1H3,(H,21,23)/t18-/m1/s1. The van der Waals surface area contributed by atoms with E-state index in [1.54, 1.807) is 36.3 Å². The Morgan fingerprint density at radius 1 is 1.04 bits per heavy atom. The molecule has 1 atom stereocenters. The summed E-state index contributed by atoms with van der Waals surface area (Å²) in [4.78, 5) is 27.4. The number of hydrogen-bond acceptors (Lipinski definition) is 4. The predicted octanol–water partition coefficient (Wildman–Crippen LogP) is 2.03. The number of hydrogen-bond donors (Lipinski definition) is 1. The molecule has 0 unspecified atom stereocenters. The number of nitrogens with one attached hydrogen (secondary N) is 1. The molecule has 1 aliphatic rings. The van der Waals surface area contributed by atoms with E-state index in [9.17, 15) is 9.59 Å². The molecule has 2 aromatic rings. The summed E-state index contributed by atoms with van der Waals surface area (Å²) in [6.45, 7) is 2.08. The summed E-state index contributed by atoms with van der Waals surface area (Å²) in [6.07, 6.45) is 0. The Kier molecular flexibility index (Phi) is 5.86. The zero-order valence-electron chi connectivity index (χ0n) is 14.7. The van der Waals surface area contributed by atoms with Crippen LogP contribution in [0.15, 0.2) is 54.6 Å². The molecular weight excluding hydrogens is 332 g/mol. The number of benzene rings is 2. The monoisotopic (exact) mass is 354 g/mol. The minimum atomic E-state index is -0.732. The molecule has 0 bridgehead atoms.